The molecule has 1 fully saturated rings. The second-order valence-electron chi connectivity index (χ2n) is 4.17. The van der Waals surface area contributed by atoms with Gasteiger partial charge in [0.05, 0.1) is 37.3 Å². The van der Waals surface area contributed by atoms with Crippen molar-refractivity contribution in [3.63, 3.8) is 0 Å². The number of methoxy groups -OCH3 is 1. The largest absolute Gasteiger partial charge is 0.494 e. The summed E-state index contributed by atoms with van der Waals surface area (Å²) in [6, 6.07) is 4.05. The number of morpholine rings is 1. The fraction of sp³-hybridized carbons (Fsp3) is 0.417. The van der Waals surface area contributed by atoms with E-state index in [1.807, 2.05) is 6.07 Å². The van der Waals surface area contributed by atoms with Crippen molar-refractivity contribution in [2.45, 2.75) is 6.10 Å². The quantitative estimate of drug-likeness (QED) is 0.615. The number of halogens is 1. The summed E-state index contributed by atoms with van der Waals surface area (Å²) in [7, 11) is 1.28. The molecule has 0 spiro atoms. The maximum atomic E-state index is 13.6. The van der Waals surface area contributed by atoms with E-state index in [-0.39, 0.29) is 30.3 Å². The van der Waals surface area contributed by atoms with Crippen LogP contribution in [0, 0.1) is 27.3 Å². The normalized spacial score (nSPS) is 18.4. The van der Waals surface area contributed by atoms with Crippen molar-refractivity contribution >= 4 is 11.4 Å². The van der Waals surface area contributed by atoms with E-state index in [2.05, 4.69) is 0 Å². The van der Waals surface area contributed by atoms with E-state index in [4.69, 9.17) is 14.7 Å². The van der Waals surface area contributed by atoms with Crippen LogP contribution in [0.4, 0.5) is 15.8 Å². The third kappa shape index (κ3) is 2.62. The Bertz CT molecular complexity index is 573. The molecule has 1 aliphatic heterocycles. The Balaban J connectivity index is 2.43. The lowest BCUT2D eigenvalue weighted by atomic mass is 10.2. The highest BCUT2D eigenvalue weighted by Gasteiger charge is 2.28. The Morgan fingerprint density at radius 3 is 3.00 bits per heavy atom. The molecule has 8 heteroatoms. The zero-order valence-electron chi connectivity index (χ0n) is 10.7. The Kier molecular flexibility index (Phi) is 4.00. The van der Waals surface area contributed by atoms with Gasteiger partial charge in [-0.2, -0.15) is 5.26 Å². The summed E-state index contributed by atoms with van der Waals surface area (Å²) in [4.78, 5) is 12.0. The summed E-state index contributed by atoms with van der Waals surface area (Å²) < 4.78 is 23.6. The van der Waals surface area contributed by atoms with Crippen molar-refractivity contribution in [3.8, 4) is 11.8 Å². The van der Waals surface area contributed by atoms with E-state index in [9.17, 15) is 14.5 Å². The Hall–Kier alpha value is -2.40. The Labute approximate surface area is 114 Å². The van der Waals surface area contributed by atoms with Gasteiger partial charge in [0.25, 0.3) is 5.69 Å². The molecule has 0 bridgehead atoms. The molecule has 0 radical (unpaired) electrons. The molecular weight excluding hydrogens is 269 g/mol. The molecule has 1 aliphatic rings. The van der Waals surface area contributed by atoms with E-state index >= 15 is 0 Å². The van der Waals surface area contributed by atoms with Gasteiger partial charge in [0.15, 0.2) is 17.7 Å². The highest BCUT2D eigenvalue weighted by molar-refractivity contribution is 5.66. The van der Waals surface area contributed by atoms with Gasteiger partial charge in [-0.3, -0.25) is 10.1 Å². The van der Waals surface area contributed by atoms with E-state index < -0.39 is 16.8 Å². The zero-order valence-corrected chi connectivity index (χ0v) is 10.7. The smallest absolute Gasteiger partial charge is 0.295 e. The van der Waals surface area contributed by atoms with Gasteiger partial charge in [-0.05, 0) is 0 Å². The Morgan fingerprint density at radius 2 is 2.40 bits per heavy atom. The van der Waals surface area contributed by atoms with Crippen LogP contribution >= 0.6 is 0 Å². The molecule has 1 aromatic rings. The van der Waals surface area contributed by atoms with E-state index in [0.717, 1.165) is 6.07 Å². The van der Waals surface area contributed by atoms with Crippen molar-refractivity contribution in [2.75, 3.05) is 31.7 Å². The lowest BCUT2D eigenvalue weighted by Crippen LogP contribution is -2.42. The lowest BCUT2D eigenvalue weighted by molar-refractivity contribution is -0.384. The van der Waals surface area contributed by atoms with Crippen molar-refractivity contribution < 1.29 is 18.8 Å². The van der Waals surface area contributed by atoms with Crippen LogP contribution < -0.4 is 9.64 Å². The standard InChI is InChI=1S/C12H12FN3O4/c1-19-12-5-10(11(16(17)18)4-9(12)13)15-2-3-20-8(6-14)7-15/h4-5,8H,2-3,7H2,1H3. The van der Waals surface area contributed by atoms with Crippen LogP contribution in [-0.4, -0.2) is 37.8 Å². The van der Waals surface area contributed by atoms with Crippen LogP contribution in [0.15, 0.2) is 12.1 Å². The number of nitro groups is 1. The second kappa shape index (κ2) is 5.71. The number of nitro benzene ring substituents is 1. The lowest BCUT2D eigenvalue weighted by Gasteiger charge is -2.31. The third-order valence-electron chi connectivity index (χ3n) is 3.00. The minimum absolute atomic E-state index is 0.0781. The molecule has 106 valence electrons. The van der Waals surface area contributed by atoms with Crippen LogP contribution in [0.5, 0.6) is 5.75 Å². The van der Waals surface area contributed by atoms with Crippen molar-refractivity contribution in [1.29, 1.82) is 5.26 Å². The van der Waals surface area contributed by atoms with E-state index in [1.54, 1.807) is 4.90 Å². The first-order chi connectivity index (χ1) is 9.56. The highest BCUT2D eigenvalue weighted by atomic mass is 19.1. The minimum atomic E-state index is -0.798. The molecular formula is C12H12FN3O4. The van der Waals surface area contributed by atoms with Crippen LogP contribution in [-0.2, 0) is 4.74 Å². The van der Waals surface area contributed by atoms with Gasteiger partial charge in [-0.15, -0.1) is 0 Å². The van der Waals surface area contributed by atoms with Gasteiger partial charge < -0.3 is 14.4 Å². The molecule has 1 unspecified atom stereocenters. The van der Waals surface area contributed by atoms with Gasteiger partial charge in [0.1, 0.15) is 5.69 Å². The van der Waals surface area contributed by atoms with Gasteiger partial charge in [-0.1, -0.05) is 0 Å². The second-order valence-corrected chi connectivity index (χ2v) is 4.17. The number of nitriles is 1. The van der Waals surface area contributed by atoms with Crippen LogP contribution in [0.1, 0.15) is 0 Å². The molecule has 1 aromatic carbocycles. The number of ether oxygens (including phenoxy) is 2. The number of rotatable bonds is 3. The monoisotopic (exact) mass is 281 g/mol. The molecule has 1 saturated heterocycles. The fourth-order valence-corrected chi connectivity index (χ4v) is 2.03. The number of hydrogen-bond acceptors (Lipinski definition) is 6. The first-order valence-electron chi connectivity index (χ1n) is 5.85. The van der Waals surface area contributed by atoms with Gasteiger partial charge in [-0.25, -0.2) is 4.39 Å². The van der Waals surface area contributed by atoms with E-state index in [1.165, 1.54) is 13.2 Å². The number of hydrogen-bond donors (Lipinski definition) is 0. The summed E-state index contributed by atoms with van der Waals surface area (Å²) in [6.07, 6.45) is -0.667. The summed E-state index contributed by atoms with van der Waals surface area (Å²) in [6.45, 7) is 0.842. The molecule has 1 atom stereocenters. The average Bonchev–Trinajstić information content (AvgIpc) is 2.46. The fourth-order valence-electron chi connectivity index (χ4n) is 2.03. The summed E-state index contributed by atoms with van der Waals surface area (Å²) in [5.41, 5.74) is -0.140. The predicted octanol–water partition coefficient (Wildman–Crippen LogP) is 1.47. The highest BCUT2D eigenvalue weighted by Crippen LogP contribution is 2.35. The molecule has 0 amide bonds. The maximum absolute atomic E-state index is 13.6. The van der Waals surface area contributed by atoms with Crippen molar-refractivity contribution in [3.05, 3.63) is 28.1 Å². The topological polar surface area (TPSA) is 88.6 Å². The maximum Gasteiger partial charge on any atom is 0.295 e. The average molecular weight is 281 g/mol. The molecule has 20 heavy (non-hydrogen) atoms. The Morgan fingerprint density at radius 1 is 1.65 bits per heavy atom. The van der Waals surface area contributed by atoms with Gasteiger partial charge in [0, 0.05) is 12.6 Å². The molecule has 0 N–H and O–H groups in total. The molecule has 0 aromatic heterocycles. The molecule has 2 rings (SSSR count). The van der Waals surface area contributed by atoms with Crippen molar-refractivity contribution in [2.24, 2.45) is 0 Å². The minimum Gasteiger partial charge on any atom is -0.494 e. The predicted molar refractivity (Wildman–Crippen MR) is 67.2 cm³/mol. The zero-order chi connectivity index (χ0) is 14.7. The van der Waals surface area contributed by atoms with Crippen LogP contribution in [0.3, 0.4) is 0 Å². The summed E-state index contributed by atoms with van der Waals surface area (Å²) >= 11 is 0. The summed E-state index contributed by atoms with van der Waals surface area (Å²) in [5, 5.41) is 19.9. The SMILES string of the molecule is COc1cc(N2CCOC(C#N)C2)c([N+](=O)[O-])cc1F. The van der Waals surface area contributed by atoms with Crippen LogP contribution in [0.25, 0.3) is 0 Å². The number of nitrogens with zero attached hydrogens (tertiary/aromatic N) is 3. The van der Waals surface area contributed by atoms with Gasteiger partial charge >= 0.3 is 0 Å². The van der Waals surface area contributed by atoms with Crippen LogP contribution in [0.2, 0.25) is 0 Å². The van der Waals surface area contributed by atoms with Crippen molar-refractivity contribution in [1.82, 2.24) is 0 Å². The number of anilines is 1. The molecule has 1 heterocycles. The summed E-state index contributed by atoms with van der Waals surface area (Å²) in [5.74, 6) is -0.876. The molecule has 0 aliphatic carbocycles. The van der Waals surface area contributed by atoms with E-state index in [0.29, 0.717) is 6.54 Å². The number of benzene rings is 1. The first kappa shape index (κ1) is 14.0. The molecule has 0 saturated carbocycles. The van der Waals surface area contributed by atoms with Gasteiger partial charge in [0.2, 0.25) is 0 Å². The first-order valence-corrected chi connectivity index (χ1v) is 5.85. The molecule has 7 nitrogen and oxygen atoms in total. The third-order valence-corrected chi connectivity index (χ3v) is 3.00.